The van der Waals surface area contributed by atoms with Crippen molar-refractivity contribution in [3.05, 3.63) is 80.7 Å². The highest BCUT2D eigenvalue weighted by atomic mass is 35.5. The Labute approximate surface area is 201 Å². The van der Waals surface area contributed by atoms with Crippen molar-refractivity contribution in [1.29, 1.82) is 0 Å². The van der Waals surface area contributed by atoms with E-state index in [1.165, 1.54) is 11.8 Å². The monoisotopic (exact) mass is 484 g/mol. The number of carbonyl (C=O) groups excluding carboxylic acids is 1. The van der Waals surface area contributed by atoms with Gasteiger partial charge in [-0.15, -0.1) is 0 Å². The van der Waals surface area contributed by atoms with Gasteiger partial charge in [0.1, 0.15) is 6.61 Å². The summed E-state index contributed by atoms with van der Waals surface area (Å²) in [4.78, 5) is 19.4. The van der Waals surface area contributed by atoms with E-state index in [-0.39, 0.29) is 5.91 Å². The predicted molar refractivity (Wildman–Crippen MR) is 136 cm³/mol. The number of hydrogen-bond donors (Lipinski definition) is 0. The lowest BCUT2D eigenvalue weighted by Crippen LogP contribution is -2.28. The van der Waals surface area contributed by atoms with Crippen LogP contribution in [0.2, 0.25) is 10.0 Å². The molecule has 164 valence electrons. The van der Waals surface area contributed by atoms with Gasteiger partial charge in [-0.3, -0.25) is 14.7 Å². The fraction of sp³-hybridized carbons (Fsp3) is 0.200. The van der Waals surface area contributed by atoms with Crippen LogP contribution in [0.3, 0.4) is 0 Å². The quantitative estimate of drug-likeness (QED) is 0.352. The molecule has 4 nitrogen and oxygen atoms in total. The number of likely N-dealkylation sites (N-methyl/N-ethyl adjacent to an activating group) is 1. The molecule has 3 aromatic carbocycles. The second-order valence-electron chi connectivity index (χ2n) is 7.16. The molecule has 1 amide bonds. The number of rotatable bonds is 6. The van der Waals surface area contributed by atoms with Gasteiger partial charge in [-0.05, 0) is 65.7 Å². The average Bonchev–Trinajstić information content (AvgIpc) is 3.07. The van der Waals surface area contributed by atoms with Gasteiger partial charge in [0.2, 0.25) is 0 Å². The number of thioether (sulfide) groups is 1. The van der Waals surface area contributed by atoms with E-state index in [2.05, 4.69) is 23.2 Å². The number of aliphatic imine (C=N–C) groups is 1. The fourth-order valence-electron chi connectivity index (χ4n) is 3.56. The van der Waals surface area contributed by atoms with Crippen molar-refractivity contribution < 1.29 is 9.53 Å². The molecule has 0 bridgehead atoms. The Morgan fingerprint density at radius 2 is 1.78 bits per heavy atom. The largest absolute Gasteiger partial charge is 0.486 e. The first-order valence-electron chi connectivity index (χ1n) is 10.4. The first-order valence-corrected chi connectivity index (χ1v) is 11.9. The summed E-state index contributed by atoms with van der Waals surface area (Å²) < 4.78 is 6.01. The second kappa shape index (κ2) is 9.99. The second-order valence-corrected chi connectivity index (χ2v) is 8.98. The molecule has 1 aliphatic rings. The van der Waals surface area contributed by atoms with E-state index in [0.29, 0.717) is 40.4 Å². The lowest BCUT2D eigenvalue weighted by atomic mass is 10.1. The van der Waals surface area contributed by atoms with Gasteiger partial charge in [0.05, 0.1) is 15.0 Å². The summed E-state index contributed by atoms with van der Waals surface area (Å²) in [6.07, 6.45) is 1.79. The van der Waals surface area contributed by atoms with Gasteiger partial charge in [-0.1, -0.05) is 65.7 Å². The molecule has 7 heteroatoms. The minimum Gasteiger partial charge on any atom is -0.486 e. The van der Waals surface area contributed by atoms with E-state index >= 15 is 0 Å². The molecule has 1 aliphatic heterocycles. The van der Waals surface area contributed by atoms with Crippen molar-refractivity contribution in [3.63, 3.8) is 0 Å². The first kappa shape index (κ1) is 22.7. The number of ether oxygens (including phenoxy) is 1. The Bertz CT molecular complexity index is 1210. The van der Waals surface area contributed by atoms with E-state index in [1.54, 1.807) is 23.1 Å². The van der Waals surface area contributed by atoms with Crippen molar-refractivity contribution in [3.8, 4) is 5.75 Å². The van der Waals surface area contributed by atoms with Gasteiger partial charge < -0.3 is 4.74 Å². The normalized spacial score (nSPS) is 16.5. The number of amidine groups is 1. The van der Waals surface area contributed by atoms with Crippen LogP contribution in [0, 0.1) is 0 Å². The van der Waals surface area contributed by atoms with Crippen molar-refractivity contribution in [1.82, 2.24) is 4.90 Å². The van der Waals surface area contributed by atoms with Crippen LogP contribution in [0.5, 0.6) is 5.75 Å². The van der Waals surface area contributed by atoms with Gasteiger partial charge in [-0.25, -0.2) is 0 Å². The molecule has 0 N–H and O–H groups in total. The van der Waals surface area contributed by atoms with Crippen LogP contribution in [0.15, 0.2) is 64.5 Å². The first-order chi connectivity index (χ1) is 15.5. The molecule has 0 aliphatic carbocycles. The summed E-state index contributed by atoms with van der Waals surface area (Å²) in [5, 5.41) is 3.80. The number of carbonyl (C=O) groups is 1. The summed E-state index contributed by atoms with van der Waals surface area (Å²) in [6, 6.07) is 17.8. The molecule has 1 saturated heterocycles. The van der Waals surface area contributed by atoms with Crippen molar-refractivity contribution >= 4 is 62.9 Å². The molecular weight excluding hydrogens is 463 g/mol. The Balaban J connectivity index is 1.57. The lowest BCUT2D eigenvalue weighted by Gasteiger charge is -2.13. The zero-order chi connectivity index (χ0) is 22.7. The molecule has 1 heterocycles. The van der Waals surface area contributed by atoms with Crippen LogP contribution in [0.25, 0.3) is 16.8 Å². The highest BCUT2D eigenvalue weighted by Gasteiger charge is 2.31. The molecule has 0 radical (unpaired) electrons. The molecular formula is C25H22Cl2N2O2S. The topological polar surface area (TPSA) is 41.9 Å². The molecule has 0 spiro atoms. The third-order valence-electron chi connectivity index (χ3n) is 5.07. The molecule has 32 heavy (non-hydrogen) atoms. The standard InChI is InChI=1S/C25H22Cl2N2O2S/c1-3-28-25-29(4-2)24(30)22(32-25)14-16-12-20(26)23(21(27)13-16)31-15-18-10-7-9-17-8-5-6-11-19(17)18/h5-14H,3-4,15H2,1-2H3/b22-14-,28-25?. The van der Waals surface area contributed by atoms with Gasteiger partial charge in [0.25, 0.3) is 5.91 Å². The maximum Gasteiger partial charge on any atom is 0.266 e. The van der Waals surface area contributed by atoms with Crippen LogP contribution in [-0.2, 0) is 11.4 Å². The summed E-state index contributed by atoms with van der Waals surface area (Å²) in [7, 11) is 0. The van der Waals surface area contributed by atoms with Crippen molar-refractivity contribution in [2.45, 2.75) is 20.5 Å². The Morgan fingerprint density at radius 3 is 2.50 bits per heavy atom. The third kappa shape index (κ3) is 4.65. The van der Waals surface area contributed by atoms with Gasteiger partial charge in [0, 0.05) is 13.1 Å². The molecule has 4 rings (SSSR count). The minimum absolute atomic E-state index is 0.0618. The summed E-state index contributed by atoms with van der Waals surface area (Å²) >= 11 is 14.4. The number of hydrogen-bond acceptors (Lipinski definition) is 4. The highest BCUT2D eigenvalue weighted by Crippen LogP contribution is 2.38. The summed E-state index contributed by atoms with van der Waals surface area (Å²) in [6.45, 7) is 5.43. The van der Waals surface area contributed by atoms with Crippen LogP contribution in [0.1, 0.15) is 25.0 Å². The average molecular weight is 485 g/mol. The number of fused-ring (bicyclic) bond motifs is 1. The van der Waals surface area contributed by atoms with Gasteiger partial charge >= 0.3 is 0 Å². The zero-order valence-electron chi connectivity index (χ0n) is 17.8. The van der Waals surface area contributed by atoms with Gasteiger partial charge in [0.15, 0.2) is 10.9 Å². The molecule has 3 aromatic rings. The molecule has 0 unspecified atom stereocenters. The molecule has 0 aromatic heterocycles. The van der Waals surface area contributed by atoms with Crippen LogP contribution >= 0.6 is 35.0 Å². The van der Waals surface area contributed by atoms with Crippen molar-refractivity contribution in [2.24, 2.45) is 4.99 Å². The lowest BCUT2D eigenvalue weighted by molar-refractivity contribution is -0.122. The maximum absolute atomic E-state index is 12.7. The molecule has 0 atom stereocenters. The Morgan fingerprint density at radius 1 is 1.06 bits per heavy atom. The SMILES string of the molecule is CCN=C1S/C(=C\c2cc(Cl)c(OCc3cccc4ccccc34)c(Cl)c2)C(=O)N1CC. The van der Waals surface area contributed by atoms with Crippen molar-refractivity contribution in [2.75, 3.05) is 13.1 Å². The summed E-state index contributed by atoms with van der Waals surface area (Å²) in [5.74, 6) is 0.366. The van der Waals surface area contributed by atoms with E-state index in [9.17, 15) is 4.79 Å². The Kier molecular flexibility index (Phi) is 7.09. The number of amides is 1. The minimum atomic E-state index is -0.0618. The maximum atomic E-state index is 12.7. The smallest absolute Gasteiger partial charge is 0.266 e. The van der Waals surface area contributed by atoms with E-state index in [1.807, 2.05) is 38.1 Å². The predicted octanol–water partition coefficient (Wildman–Crippen LogP) is 7.04. The fourth-order valence-corrected chi connectivity index (χ4v) is 5.28. The Hall–Kier alpha value is -2.47. The number of nitrogens with zero attached hydrogens (tertiary/aromatic N) is 2. The summed E-state index contributed by atoms with van der Waals surface area (Å²) in [5.41, 5.74) is 1.79. The number of benzene rings is 3. The highest BCUT2D eigenvalue weighted by molar-refractivity contribution is 8.18. The van der Waals surface area contributed by atoms with E-state index < -0.39 is 0 Å². The van der Waals surface area contributed by atoms with E-state index in [0.717, 1.165) is 27.1 Å². The molecule has 0 saturated carbocycles. The third-order valence-corrected chi connectivity index (χ3v) is 6.67. The molecule has 1 fully saturated rings. The van der Waals surface area contributed by atoms with Gasteiger partial charge in [-0.2, -0.15) is 0 Å². The van der Waals surface area contributed by atoms with Crippen LogP contribution in [-0.4, -0.2) is 29.1 Å². The number of halogens is 2. The van der Waals surface area contributed by atoms with Crippen LogP contribution < -0.4 is 4.74 Å². The zero-order valence-corrected chi connectivity index (χ0v) is 20.1. The van der Waals surface area contributed by atoms with E-state index in [4.69, 9.17) is 27.9 Å². The van der Waals surface area contributed by atoms with Crippen LogP contribution in [0.4, 0.5) is 0 Å².